The highest BCUT2D eigenvalue weighted by molar-refractivity contribution is 5.89. The summed E-state index contributed by atoms with van der Waals surface area (Å²) in [5.74, 6) is -0.799. The standard InChI is InChI=1S/C13H21N3O2.C4H4O4/c1-9-11(12-14-10(2)15-18-12)8-13(17-9)4-6-16(3)7-5-13;5-3(6)1-2-4(7)8/h9,11H,4-8H2,1-3H3;1-2H,(H,5,6)(H,7,8)/b;2-1-. The van der Waals surface area contributed by atoms with Gasteiger partial charge < -0.3 is 24.4 Å². The van der Waals surface area contributed by atoms with Crippen LogP contribution < -0.4 is 0 Å². The van der Waals surface area contributed by atoms with E-state index in [9.17, 15) is 9.59 Å². The van der Waals surface area contributed by atoms with E-state index in [4.69, 9.17) is 19.5 Å². The van der Waals surface area contributed by atoms with Crippen LogP contribution in [0.15, 0.2) is 16.7 Å². The molecule has 0 radical (unpaired) electrons. The Bertz CT molecular complexity index is 647. The number of nitrogens with zero attached hydrogens (tertiary/aromatic N) is 3. The summed E-state index contributed by atoms with van der Waals surface area (Å²) in [5, 5.41) is 19.5. The lowest BCUT2D eigenvalue weighted by atomic mass is 9.84. The van der Waals surface area contributed by atoms with Gasteiger partial charge in [0.05, 0.1) is 17.6 Å². The van der Waals surface area contributed by atoms with E-state index in [2.05, 4.69) is 29.0 Å². The van der Waals surface area contributed by atoms with Crippen LogP contribution >= 0.6 is 0 Å². The summed E-state index contributed by atoms with van der Waals surface area (Å²) in [5.41, 5.74) is 0.0406. The fourth-order valence-electron chi connectivity index (χ4n) is 3.33. The van der Waals surface area contributed by atoms with Crippen molar-refractivity contribution in [2.75, 3.05) is 20.1 Å². The van der Waals surface area contributed by atoms with Crippen molar-refractivity contribution in [2.45, 2.75) is 50.7 Å². The van der Waals surface area contributed by atoms with Gasteiger partial charge in [-0.3, -0.25) is 0 Å². The lowest BCUT2D eigenvalue weighted by molar-refractivity contribution is -0.134. The van der Waals surface area contributed by atoms with E-state index in [1.807, 2.05) is 6.92 Å². The first kappa shape index (κ1) is 20.1. The van der Waals surface area contributed by atoms with Gasteiger partial charge in [0.2, 0.25) is 5.89 Å². The number of carboxylic acid groups (broad SMARTS) is 2. The van der Waals surface area contributed by atoms with Gasteiger partial charge in [0, 0.05) is 25.2 Å². The Labute approximate surface area is 151 Å². The first-order chi connectivity index (χ1) is 12.2. The highest BCUT2D eigenvalue weighted by atomic mass is 16.5. The van der Waals surface area contributed by atoms with Crippen LogP contribution in [0.3, 0.4) is 0 Å². The average Bonchev–Trinajstić information content (AvgIpc) is 3.13. The van der Waals surface area contributed by atoms with E-state index >= 15 is 0 Å². The number of aryl methyl sites for hydroxylation is 1. The van der Waals surface area contributed by atoms with Crippen LogP contribution in [-0.2, 0) is 14.3 Å². The zero-order chi connectivity index (χ0) is 19.3. The van der Waals surface area contributed by atoms with E-state index in [1.54, 1.807) is 0 Å². The molecule has 26 heavy (non-hydrogen) atoms. The van der Waals surface area contributed by atoms with Crippen molar-refractivity contribution in [1.29, 1.82) is 0 Å². The van der Waals surface area contributed by atoms with Gasteiger partial charge in [0.1, 0.15) is 0 Å². The molecule has 2 saturated heterocycles. The molecule has 2 fully saturated rings. The van der Waals surface area contributed by atoms with Crippen molar-refractivity contribution in [3.05, 3.63) is 23.9 Å². The molecular weight excluding hydrogens is 342 g/mol. The number of piperidine rings is 1. The number of hydrogen-bond donors (Lipinski definition) is 2. The lowest BCUT2D eigenvalue weighted by Crippen LogP contribution is -2.42. The molecule has 9 heteroatoms. The Hall–Kier alpha value is -2.26. The van der Waals surface area contributed by atoms with Crippen LogP contribution in [0.2, 0.25) is 0 Å². The van der Waals surface area contributed by atoms with E-state index in [1.165, 1.54) is 0 Å². The van der Waals surface area contributed by atoms with E-state index in [-0.39, 0.29) is 17.6 Å². The van der Waals surface area contributed by atoms with Gasteiger partial charge in [-0.1, -0.05) is 5.16 Å². The van der Waals surface area contributed by atoms with Gasteiger partial charge in [0.15, 0.2) is 5.82 Å². The summed E-state index contributed by atoms with van der Waals surface area (Å²) in [6.07, 6.45) is 4.52. The first-order valence-electron chi connectivity index (χ1n) is 8.51. The number of aromatic nitrogens is 2. The molecule has 0 aliphatic carbocycles. The fraction of sp³-hybridized carbons (Fsp3) is 0.647. The third-order valence-electron chi connectivity index (χ3n) is 4.72. The van der Waals surface area contributed by atoms with Crippen molar-refractivity contribution in [2.24, 2.45) is 0 Å². The maximum atomic E-state index is 9.55. The largest absolute Gasteiger partial charge is 0.478 e. The summed E-state index contributed by atoms with van der Waals surface area (Å²) in [4.78, 5) is 25.8. The van der Waals surface area contributed by atoms with Crippen molar-refractivity contribution in [1.82, 2.24) is 15.0 Å². The summed E-state index contributed by atoms with van der Waals surface area (Å²) in [7, 11) is 2.17. The monoisotopic (exact) mass is 367 g/mol. The SMILES string of the molecule is Cc1noc(C2CC3(CCN(C)CC3)OC2C)n1.O=C(O)/C=C\C(=O)O. The van der Waals surface area contributed by atoms with Gasteiger partial charge in [-0.15, -0.1) is 0 Å². The second kappa shape index (κ2) is 8.41. The van der Waals surface area contributed by atoms with Gasteiger partial charge >= 0.3 is 11.9 Å². The molecule has 0 bridgehead atoms. The van der Waals surface area contributed by atoms with E-state index in [0.29, 0.717) is 18.0 Å². The molecule has 1 aromatic heterocycles. The van der Waals surface area contributed by atoms with E-state index in [0.717, 1.165) is 38.2 Å². The number of carbonyl (C=O) groups is 2. The molecule has 1 aromatic rings. The van der Waals surface area contributed by atoms with Crippen LogP contribution in [0, 0.1) is 6.92 Å². The van der Waals surface area contributed by atoms with Crippen molar-refractivity contribution in [3.8, 4) is 0 Å². The second-order valence-electron chi connectivity index (χ2n) is 6.81. The van der Waals surface area contributed by atoms with Crippen molar-refractivity contribution < 1.29 is 29.1 Å². The quantitative estimate of drug-likeness (QED) is 0.763. The normalized spacial score (nSPS) is 25.2. The number of likely N-dealkylation sites (tertiary alicyclic amines) is 1. The first-order valence-corrected chi connectivity index (χ1v) is 8.51. The van der Waals surface area contributed by atoms with Crippen LogP contribution in [-0.4, -0.2) is 69.0 Å². The van der Waals surface area contributed by atoms with Gasteiger partial charge in [0.25, 0.3) is 0 Å². The maximum absolute atomic E-state index is 9.55. The second-order valence-corrected chi connectivity index (χ2v) is 6.81. The van der Waals surface area contributed by atoms with Gasteiger partial charge in [-0.25, -0.2) is 9.59 Å². The summed E-state index contributed by atoms with van der Waals surface area (Å²) >= 11 is 0. The summed E-state index contributed by atoms with van der Waals surface area (Å²) < 4.78 is 11.6. The Balaban J connectivity index is 0.000000260. The van der Waals surface area contributed by atoms with Crippen LogP contribution in [0.25, 0.3) is 0 Å². The highest BCUT2D eigenvalue weighted by Gasteiger charge is 2.48. The molecule has 0 amide bonds. The van der Waals surface area contributed by atoms with Crippen molar-refractivity contribution in [3.63, 3.8) is 0 Å². The Morgan fingerprint density at radius 2 is 1.81 bits per heavy atom. The molecule has 9 nitrogen and oxygen atoms in total. The molecule has 2 unspecified atom stereocenters. The molecule has 0 saturated carbocycles. The predicted octanol–water partition coefficient (Wildman–Crippen LogP) is 1.45. The van der Waals surface area contributed by atoms with E-state index < -0.39 is 11.9 Å². The number of hydrogen-bond acceptors (Lipinski definition) is 7. The zero-order valence-corrected chi connectivity index (χ0v) is 15.2. The molecule has 2 atom stereocenters. The minimum Gasteiger partial charge on any atom is -0.478 e. The van der Waals surface area contributed by atoms with Crippen molar-refractivity contribution >= 4 is 11.9 Å². The van der Waals surface area contributed by atoms with Gasteiger partial charge in [-0.2, -0.15) is 4.98 Å². The number of ether oxygens (including phenoxy) is 1. The molecule has 144 valence electrons. The third-order valence-corrected chi connectivity index (χ3v) is 4.72. The Kier molecular flexibility index (Phi) is 6.49. The Morgan fingerprint density at radius 1 is 1.23 bits per heavy atom. The molecule has 1 spiro atoms. The van der Waals surface area contributed by atoms with Crippen LogP contribution in [0.4, 0.5) is 0 Å². The molecule has 0 aromatic carbocycles. The number of rotatable bonds is 3. The number of aliphatic carboxylic acids is 2. The lowest BCUT2D eigenvalue weighted by Gasteiger charge is -2.37. The molecule has 3 heterocycles. The molecule has 2 aliphatic rings. The maximum Gasteiger partial charge on any atom is 0.328 e. The van der Waals surface area contributed by atoms with Gasteiger partial charge in [-0.05, 0) is 40.2 Å². The molecule has 2 aliphatic heterocycles. The van der Waals surface area contributed by atoms with Crippen LogP contribution in [0.5, 0.6) is 0 Å². The molecular formula is C17H25N3O6. The molecule has 3 rings (SSSR count). The third kappa shape index (κ3) is 5.37. The topological polar surface area (TPSA) is 126 Å². The van der Waals surface area contributed by atoms with Crippen LogP contribution in [0.1, 0.15) is 43.8 Å². The minimum atomic E-state index is -1.26. The average molecular weight is 367 g/mol. The predicted molar refractivity (Wildman–Crippen MR) is 90.8 cm³/mol. The smallest absolute Gasteiger partial charge is 0.328 e. The number of carboxylic acids is 2. The highest BCUT2D eigenvalue weighted by Crippen LogP contribution is 2.45. The summed E-state index contributed by atoms with van der Waals surface area (Å²) in [6, 6.07) is 0. The molecule has 2 N–H and O–H groups in total. The summed E-state index contributed by atoms with van der Waals surface area (Å²) in [6.45, 7) is 6.21. The fourth-order valence-corrected chi connectivity index (χ4v) is 3.33. The Morgan fingerprint density at radius 3 is 2.27 bits per heavy atom. The zero-order valence-electron chi connectivity index (χ0n) is 15.2. The minimum absolute atomic E-state index is 0.0406.